The number of hydrogen-bond donors (Lipinski definition) is 0. The molecule has 0 spiro atoms. The van der Waals surface area contributed by atoms with Crippen molar-refractivity contribution < 1.29 is 32.5 Å². The predicted molar refractivity (Wildman–Crippen MR) is 129 cm³/mol. The maximum Gasteiger partial charge on any atom is 0.459 e. The number of alkyl halides is 3. The molecule has 0 aliphatic heterocycles. The molecule has 0 fully saturated rings. The Morgan fingerprint density at radius 3 is 2.21 bits per heavy atom. The summed E-state index contributed by atoms with van der Waals surface area (Å²) in [4.78, 5) is 0. The van der Waals surface area contributed by atoms with Gasteiger partial charge in [-0.3, -0.25) is 0 Å². The number of para-hydroxylation sites is 1. The van der Waals surface area contributed by atoms with Crippen LogP contribution in [0, 0.1) is 12.8 Å². The molecule has 0 amide bonds. The minimum atomic E-state index is -3.39. The number of benzene rings is 3. The van der Waals surface area contributed by atoms with Gasteiger partial charge in [-0.1, -0.05) is 31.2 Å². The van der Waals surface area contributed by atoms with Gasteiger partial charge in [-0.15, -0.1) is 0 Å². The zero-order valence-corrected chi connectivity index (χ0v) is 20.5. The molecule has 8 heteroatoms. The van der Waals surface area contributed by atoms with Crippen molar-refractivity contribution in [3.8, 4) is 28.7 Å². The van der Waals surface area contributed by atoms with E-state index in [4.69, 9.17) is 18.9 Å². The first-order chi connectivity index (χ1) is 16.2. The van der Waals surface area contributed by atoms with Crippen LogP contribution in [0.3, 0.4) is 0 Å². The van der Waals surface area contributed by atoms with Crippen molar-refractivity contribution in [2.45, 2.75) is 18.4 Å². The molecule has 5 nitrogen and oxygen atoms in total. The van der Waals surface area contributed by atoms with Crippen LogP contribution in [-0.2, 0) is 11.2 Å². The third-order valence-corrected chi connectivity index (χ3v) is 4.87. The van der Waals surface area contributed by atoms with Crippen LogP contribution in [0.25, 0.3) is 0 Å². The van der Waals surface area contributed by atoms with E-state index in [1.165, 1.54) is 12.1 Å². The third kappa shape index (κ3) is 8.18. The largest absolute Gasteiger partial charge is 0.489 e. The summed E-state index contributed by atoms with van der Waals surface area (Å²) in [5.74, 6) is 2.66. The Bertz CT molecular complexity index is 1040. The summed E-state index contributed by atoms with van der Waals surface area (Å²) in [6, 6.07) is 19.3. The van der Waals surface area contributed by atoms with Gasteiger partial charge in [0.2, 0.25) is 0 Å². The van der Waals surface area contributed by atoms with Gasteiger partial charge in [0.1, 0.15) is 17.2 Å². The molecule has 0 aliphatic rings. The van der Waals surface area contributed by atoms with E-state index in [0.717, 1.165) is 5.56 Å². The van der Waals surface area contributed by atoms with Crippen molar-refractivity contribution in [2.24, 2.45) is 5.92 Å². The Labute approximate surface area is 206 Å². The molecular weight excluding hydrogens is 510 g/mol. The molecule has 34 heavy (non-hydrogen) atoms. The number of halogens is 3. The highest BCUT2D eigenvalue weighted by Gasteiger charge is 2.26. The van der Waals surface area contributed by atoms with E-state index in [9.17, 15) is 8.78 Å². The molecule has 181 valence electrons. The van der Waals surface area contributed by atoms with Crippen molar-refractivity contribution in [3.63, 3.8) is 0 Å². The summed E-state index contributed by atoms with van der Waals surface area (Å²) >= 11 is 2.16. The topological polar surface area (TPSA) is 46.2 Å². The highest BCUT2D eigenvalue weighted by atomic mass is 79.9. The van der Waals surface area contributed by atoms with Crippen LogP contribution in [0.15, 0.2) is 66.7 Å². The number of methoxy groups -OCH3 is 1. The van der Waals surface area contributed by atoms with Crippen LogP contribution >= 0.6 is 15.9 Å². The van der Waals surface area contributed by atoms with Gasteiger partial charge < -0.3 is 23.7 Å². The fraction of sp³-hybridized carbons (Fsp3) is 0.269. The molecule has 0 heterocycles. The van der Waals surface area contributed by atoms with Gasteiger partial charge in [0.05, 0.1) is 6.61 Å². The molecule has 0 aromatic heterocycles. The normalized spacial score (nSPS) is 12.2. The molecule has 3 rings (SSSR count). The zero-order chi connectivity index (χ0) is 24.6. The summed E-state index contributed by atoms with van der Waals surface area (Å²) in [6.07, 6.45) is 0.698. The summed E-state index contributed by atoms with van der Waals surface area (Å²) in [7, 11) is 1.56. The molecule has 1 atom stereocenters. The molecule has 0 saturated carbocycles. The molecule has 3 aromatic carbocycles. The molecule has 0 N–H and O–H groups in total. The molecule has 3 aromatic rings. The first-order valence-corrected chi connectivity index (χ1v) is 11.3. The van der Waals surface area contributed by atoms with Crippen molar-refractivity contribution >= 4 is 15.9 Å². The van der Waals surface area contributed by atoms with Gasteiger partial charge in [0, 0.05) is 23.0 Å². The lowest BCUT2D eigenvalue weighted by Crippen LogP contribution is -2.15. The number of rotatable bonds is 12. The fourth-order valence-electron chi connectivity index (χ4n) is 3.18. The third-order valence-electron chi connectivity index (χ3n) is 4.71. The van der Waals surface area contributed by atoms with Gasteiger partial charge in [-0.05, 0) is 72.9 Å². The average Bonchev–Trinajstić information content (AvgIpc) is 2.78. The average molecular weight is 536 g/mol. The van der Waals surface area contributed by atoms with E-state index in [-0.39, 0.29) is 18.5 Å². The van der Waals surface area contributed by atoms with Crippen LogP contribution in [0.4, 0.5) is 8.78 Å². The summed E-state index contributed by atoms with van der Waals surface area (Å²) in [6.45, 7) is 6.69. The smallest absolute Gasteiger partial charge is 0.459 e. The minimum absolute atomic E-state index is 0.0839. The maximum absolute atomic E-state index is 12.9. The first-order valence-electron chi connectivity index (χ1n) is 10.6. The van der Waals surface area contributed by atoms with Crippen LogP contribution in [0.5, 0.6) is 28.7 Å². The second kappa shape index (κ2) is 12.0. The lowest BCUT2D eigenvalue weighted by atomic mass is 10.0. The Kier molecular flexibility index (Phi) is 9.12. The highest BCUT2D eigenvalue weighted by molar-refractivity contribution is 9.09. The first kappa shape index (κ1) is 25.8. The van der Waals surface area contributed by atoms with Crippen molar-refractivity contribution in [1.82, 2.24) is 0 Å². The molecule has 0 saturated heterocycles. The molecule has 1 radical (unpaired) electrons. The Morgan fingerprint density at radius 2 is 1.56 bits per heavy atom. The van der Waals surface area contributed by atoms with Crippen molar-refractivity contribution in [1.29, 1.82) is 0 Å². The van der Waals surface area contributed by atoms with Gasteiger partial charge in [-0.25, -0.2) is 0 Å². The summed E-state index contributed by atoms with van der Waals surface area (Å²) < 4.78 is 52.7. The van der Waals surface area contributed by atoms with Crippen molar-refractivity contribution in [2.75, 3.05) is 20.5 Å². The molecule has 1 unspecified atom stereocenters. The van der Waals surface area contributed by atoms with E-state index < -0.39 is 5.02 Å². The van der Waals surface area contributed by atoms with Crippen molar-refractivity contribution in [3.05, 3.63) is 84.8 Å². The van der Waals surface area contributed by atoms with E-state index >= 15 is 0 Å². The van der Waals surface area contributed by atoms with Crippen LogP contribution in [0.2, 0.25) is 0 Å². The lowest BCUT2D eigenvalue weighted by Gasteiger charge is -2.18. The summed E-state index contributed by atoms with van der Waals surface area (Å²) in [5.41, 5.74) is 1.69. The van der Waals surface area contributed by atoms with E-state index in [0.29, 0.717) is 41.6 Å². The van der Waals surface area contributed by atoms with Crippen LogP contribution in [-0.4, -0.2) is 25.5 Å². The van der Waals surface area contributed by atoms with Gasteiger partial charge >= 0.3 is 5.02 Å². The van der Waals surface area contributed by atoms with Gasteiger partial charge in [-0.2, -0.15) is 8.78 Å². The van der Waals surface area contributed by atoms with Crippen LogP contribution in [0.1, 0.15) is 18.1 Å². The SMILES string of the molecule is [CH2]c1cccc(Oc2ccc(OCOC)cc2)c1OCC(C)Cc1ccc(OC(F)(F)Br)cc1. The Morgan fingerprint density at radius 1 is 0.912 bits per heavy atom. The molecular formula is C26H26BrF2O5. The molecule has 0 aliphatic carbocycles. The standard InChI is InChI=1S/C26H26BrF2O5/c1-18(15-20-7-9-23(10-8-20)34-26(27,28)29)16-31-25-19(2)5-4-6-24(25)33-22-13-11-21(12-14-22)32-17-30-3/h4-14,18H,2,15-17H2,1,3H3. The Hall–Kier alpha value is -2.84. The van der Waals surface area contributed by atoms with Gasteiger partial charge in [0.15, 0.2) is 18.3 Å². The predicted octanol–water partition coefficient (Wildman–Crippen LogP) is 7.23. The molecule has 0 bridgehead atoms. The second-order valence-electron chi connectivity index (χ2n) is 7.68. The highest BCUT2D eigenvalue weighted by Crippen LogP contribution is 2.35. The fourth-order valence-corrected chi connectivity index (χ4v) is 3.36. The minimum Gasteiger partial charge on any atom is -0.489 e. The van der Waals surface area contributed by atoms with Crippen LogP contribution < -0.4 is 18.9 Å². The summed E-state index contributed by atoms with van der Waals surface area (Å²) in [5, 5.41) is -3.39. The van der Waals surface area contributed by atoms with E-state index in [1.54, 1.807) is 43.5 Å². The quantitative estimate of drug-likeness (QED) is 0.181. The zero-order valence-electron chi connectivity index (χ0n) is 18.9. The number of ether oxygens (including phenoxy) is 5. The lowest BCUT2D eigenvalue weighted by molar-refractivity contribution is -0.0803. The van der Waals surface area contributed by atoms with Gasteiger partial charge in [0.25, 0.3) is 0 Å². The van der Waals surface area contributed by atoms with E-state index in [2.05, 4.69) is 27.6 Å². The van der Waals surface area contributed by atoms with E-state index in [1.807, 2.05) is 25.1 Å². The number of hydrogen-bond acceptors (Lipinski definition) is 5. The second-order valence-corrected chi connectivity index (χ2v) is 8.60. The Balaban J connectivity index is 1.59. The monoisotopic (exact) mass is 535 g/mol. The maximum atomic E-state index is 12.9.